The highest BCUT2D eigenvalue weighted by molar-refractivity contribution is 6.31. The highest BCUT2D eigenvalue weighted by Gasteiger charge is 2.24. The number of aldehydes is 1. The maximum absolute atomic E-state index is 11.7. The van der Waals surface area contributed by atoms with Crippen molar-refractivity contribution < 1.29 is 14.3 Å². The molecule has 2 aromatic carbocycles. The normalized spacial score (nSPS) is 11.8. The molecule has 0 radical (unpaired) electrons. The Morgan fingerprint density at radius 3 is 2.37 bits per heavy atom. The Morgan fingerprint density at radius 1 is 1.14 bits per heavy atom. The van der Waals surface area contributed by atoms with Crippen molar-refractivity contribution in [2.75, 3.05) is 31.4 Å². The molecule has 5 nitrogen and oxygen atoms in total. The topological polar surface area (TPSA) is 50.8 Å². The molecule has 188 valence electrons. The number of benzene rings is 2. The number of rotatable bonds is 11. The van der Waals surface area contributed by atoms with Crippen molar-refractivity contribution in [2.24, 2.45) is 0 Å². The molecule has 0 atom stereocenters. The van der Waals surface area contributed by atoms with Gasteiger partial charge in [-0.3, -0.25) is 0 Å². The van der Waals surface area contributed by atoms with Crippen LogP contribution in [-0.2, 0) is 16.1 Å². The zero-order valence-electron chi connectivity index (χ0n) is 22.1. The van der Waals surface area contributed by atoms with Gasteiger partial charge in [0.15, 0.2) is 0 Å². The summed E-state index contributed by atoms with van der Waals surface area (Å²) < 4.78 is 12.1. The summed E-state index contributed by atoms with van der Waals surface area (Å²) in [5, 5.41) is 3.98. The van der Waals surface area contributed by atoms with Gasteiger partial charge in [0, 0.05) is 30.2 Å². The monoisotopic (exact) mass is 496 g/mol. The highest BCUT2D eigenvalue weighted by Crippen LogP contribution is 2.42. The summed E-state index contributed by atoms with van der Waals surface area (Å²) >= 11 is 6.39. The van der Waals surface area contributed by atoms with Gasteiger partial charge in [-0.15, -0.1) is 0 Å². The van der Waals surface area contributed by atoms with Gasteiger partial charge in [-0.25, -0.2) is 0 Å². The standard InChI is InChI=1S/C29H37ClN2O3/c1-10-20(4)27(15-19(2)3)35-17-24-22(23-16-21(30)11-14-26(23)34-9)12-13-25(28(24)32(7)8)31-29(5,6)18-33/h10-16,18,31H,1,17H2,2-9H3/b27-20+. The van der Waals surface area contributed by atoms with Crippen LogP contribution >= 0.6 is 11.6 Å². The Hall–Kier alpha value is -3.18. The lowest BCUT2D eigenvalue weighted by molar-refractivity contribution is -0.110. The number of methoxy groups -OCH3 is 1. The fourth-order valence-electron chi connectivity index (χ4n) is 3.70. The second-order valence-corrected chi connectivity index (χ2v) is 9.89. The molecule has 0 amide bonds. The van der Waals surface area contributed by atoms with Crippen molar-refractivity contribution in [2.45, 2.75) is 46.8 Å². The van der Waals surface area contributed by atoms with E-state index in [0.29, 0.717) is 10.8 Å². The van der Waals surface area contributed by atoms with E-state index in [1.165, 1.54) is 0 Å². The van der Waals surface area contributed by atoms with Gasteiger partial charge >= 0.3 is 0 Å². The van der Waals surface area contributed by atoms with Crippen molar-refractivity contribution in [3.8, 4) is 16.9 Å². The maximum Gasteiger partial charge on any atom is 0.144 e. The molecule has 0 saturated heterocycles. The van der Waals surface area contributed by atoms with Crippen LogP contribution in [0.5, 0.6) is 5.75 Å². The third-order valence-electron chi connectivity index (χ3n) is 5.42. The van der Waals surface area contributed by atoms with Crippen molar-refractivity contribution in [3.05, 3.63) is 76.6 Å². The van der Waals surface area contributed by atoms with Gasteiger partial charge in [-0.2, -0.15) is 0 Å². The van der Waals surface area contributed by atoms with Gasteiger partial charge in [0.2, 0.25) is 0 Å². The number of carbonyl (C=O) groups excluding carboxylic acids is 1. The number of anilines is 2. The lowest BCUT2D eigenvalue weighted by Gasteiger charge is -2.29. The SMILES string of the molecule is C=C/C(C)=C(\C=C(C)C)OCc1c(-c2cc(Cl)ccc2OC)ccc(NC(C)(C)C=O)c1N(C)C. The summed E-state index contributed by atoms with van der Waals surface area (Å²) in [5.41, 5.74) is 5.76. The third-order valence-corrected chi connectivity index (χ3v) is 5.65. The van der Waals surface area contributed by atoms with Crippen LogP contribution in [-0.4, -0.2) is 33.0 Å². The third kappa shape index (κ3) is 7.15. The smallest absolute Gasteiger partial charge is 0.144 e. The molecule has 0 aromatic heterocycles. The molecule has 0 fully saturated rings. The second kappa shape index (κ2) is 12.0. The molecule has 1 N–H and O–H groups in total. The summed E-state index contributed by atoms with van der Waals surface area (Å²) in [6.45, 7) is 13.9. The summed E-state index contributed by atoms with van der Waals surface area (Å²) in [5.74, 6) is 1.46. The van der Waals surface area contributed by atoms with Crippen LogP contribution in [0.15, 0.2) is 66.0 Å². The Balaban J connectivity index is 2.82. The van der Waals surface area contributed by atoms with Crippen molar-refractivity contribution in [3.63, 3.8) is 0 Å². The molecule has 6 heteroatoms. The van der Waals surface area contributed by atoms with Crippen LogP contribution < -0.4 is 15.0 Å². The van der Waals surface area contributed by atoms with Crippen LogP contribution in [0.25, 0.3) is 11.1 Å². The summed E-state index contributed by atoms with van der Waals surface area (Å²) in [4.78, 5) is 13.7. The Bertz CT molecular complexity index is 1140. The molecule has 0 saturated carbocycles. The van der Waals surface area contributed by atoms with E-state index in [2.05, 4.69) is 11.9 Å². The molecule has 0 spiro atoms. The first-order valence-corrected chi connectivity index (χ1v) is 11.8. The minimum atomic E-state index is -0.745. The van der Waals surface area contributed by atoms with Gasteiger partial charge in [-0.1, -0.05) is 35.9 Å². The molecule has 2 rings (SSSR count). The van der Waals surface area contributed by atoms with Crippen molar-refractivity contribution >= 4 is 29.3 Å². The Morgan fingerprint density at radius 2 is 1.83 bits per heavy atom. The quantitative estimate of drug-likeness (QED) is 0.199. The molecule has 35 heavy (non-hydrogen) atoms. The molecule has 0 aliphatic carbocycles. The fraction of sp³-hybridized carbons (Fsp3) is 0.345. The van der Waals surface area contributed by atoms with E-state index in [4.69, 9.17) is 21.1 Å². The average Bonchev–Trinajstić information content (AvgIpc) is 2.80. The fourth-order valence-corrected chi connectivity index (χ4v) is 3.87. The van der Waals surface area contributed by atoms with Crippen molar-refractivity contribution in [1.82, 2.24) is 0 Å². The molecular formula is C29H37ClN2O3. The zero-order chi connectivity index (χ0) is 26.3. The number of halogens is 1. The lowest BCUT2D eigenvalue weighted by atomic mass is 9.95. The van der Waals surface area contributed by atoms with Crippen LogP contribution in [0, 0.1) is 0 Å². The van der Waals surface area contributed by atoms with E-state index >= 15 is 0 Å². The van der Waals surface area contributed by atoms with Crippen LogP contribution in [0.1, 0.15) is 40.2 Å². The minimum Gasteiger partial charge on any atom is -0.496 e. The number of nitrogens with one attached hydrogen (secondary N) is 1. The van der Waals surface area contributed by atoms with Crippen molar-refractivity contribution in [1.29, 1.82) is 0 Å². The molecule has 2 aromatic rings. The predicted molar refractivity (Wildman–Crippen MR) is 149 cm³/mol. The van der Waals surface area contributed by atoms with Gasteiger partial charge in [0.05, 0.1) is 24.0 Å². The Labute approximate surface area is 215 Å². The lowest BCUT2D eigenvalue weighted by Crippen LogP contribution is -2.33. The molecule has 0 unspecified atom stereocenters. The molecule has 0 heterocycles. The number of ether oxygens (including phenoxy) is 2. The van der Waals surface area contributed by atoms with E-state index in [0.717, 1.165) is 51.3 Å². The van der Waals surface area contributed by atoms with Gasteiger partial charge in [0.1, 0.15) is 24.4 Å². The summed E-state index contributed by atoms with van der Waals surface area (Å²) in [6, 6.07) is 9.53. The maximum atomic E-state index is 11.7. The number of allylic oxidation sites excluding steroid dienone is 4. The predicted octanol–water partition coefficient (Wildman–Crippen LogP) is 7.41. The summed E-state index contributed by atoms with van der Waals surface area (Å²) in [6.07, 6.45) is 4.69. The van der Waals surface area contributed by atoms with E-state index in [1.54, 1.807) is 19.3 Å². The second-order valence-electron chi connectivity index (χ2n) is 9.45. The average molecular weight is 497 g/mol. The first-order valence-electron chi connectivity index (χ1n) is 11.5. The van der Waals surface area contributed by atoms with Crippen LogP contribution in [0.2, 0.25) is 5.02 Å². The van der Waals surface area contributed by atoms with Gasteiger partial charge in [-0.05, 0) is 76.1 Å². The van der Waals surface area contributed by atoms with E-state index in [1.807, 2.05) is 84.0 Å². The zero-order valence-corrected chi connectivity index (χ0v) is 22.8. The largest absolute Gasteiger partial charge is 0.496 e. The Kier molecular flexibility index (Phi) is 9.61. The van der Waals surface area contributed by atoms with Gasteiger partial charge in [0.25, 0.3) is 0 Å². The number of carbonyl (C=O) groups is 1. The highest BCUT2D eigenvalue weighted by atomic mass is 35.5. The van der Waals surface area contributed by atoms with E-state index in [-0.39, 0.29) is 6.61 Å². The number of hydrogen-bond donors (Lipinski definition) is 1. The summed E-state index contributed by atoms with van der Waals surface area (Å²) in [7, 11) is 5.58. The number of hydrogen-bond acceptors (Lipinski definition) is 5. The number of nitrogens with zero attached hydrogens (tertiary/aromatic N) is 1. The molecule has 0 aliphatic rings. The van der Waals surface area contributed by atoms with Crippen LogP contribution in [0.4, 0.5) is 11.4 Å². The molecule has 0 aliphatic heterocycles. The molecular weight excluding hydrogens is 460 g/mol. The minimum absolute atomic E-state index is 0.278. The van der Waals surface area contributed by atoms with E-state index in [9.17, 15) is 4.79 Å². The van der Waals surface area contributed by atoms with Crippen LogP contribution in [0.3, 0.4) is 0 Å². The van der Waals surface area contributed by atoms with E-state index < -0.39 is 5.54 Å². The molecule has 0 bridgehead atoms. The first-order chi connectivity index (χ1) is 16.4. The first kappa shape index (κ1) is 28.1. The van der Waals surface area contributed by atoms with Gasteiger partial charge < -0.3 is 24.5 Å².